The van der Waals surface area contributed by atoms with Gasteiger partial charge in [0.05, 0.1) is 0 Å². The second kappa shape index (κ2) is 8.91. The van der Waals surface area contributed by atoms with Crippen LogP contribution < -0.4 is 16.0 Å². The number of hydrogen-bond acceptors (Lipinski definition) is 3. The molecule has 0 spiro atoms. The maximum atomic E-state index is 11.8. The van der Waals surface area contributed by atoms with Crippen LogP contribution in [0, 0.1) is 0 Å². The Labute approximate surface area is 113 Å². The number of thiocarbonyl (C=S) groups is 1. The standard InChI is InChI=1S/C11H22FN3O2S/c1-11(2,3)17-10(16)15-7-4-6-13-9(18)14-8-5-12/h4-8H2,1-3H3,(H,15,16)(H2,13,14,18). The molecule has 0 aromatic carbocycles. The first-order chi connectivity index (χ1) is 8.35. The SMILES string of the molecule is CC(C)(C)OC(=O)NCCCNC(=S)NCCF. The van der Waals surface area contributed by atoms with Gasteiger partial charge in [0.1, 0.15) is 12.3 Å². The minimum absolute atomic E-state index is 0.210. The number of rotatable bonds is 6. The zero-order valence-electron chi connectivity index (χ0n) is 11.1. The molecular formula is C11H22FN3O2S. The molecule has 0 saturated carbocycles. The lowest BCUT2D eigenvalue weighted by molar-refractivity contribution is 0.0527. The number of carbonyl (C=O) groups is 1. The Balaban J connectivity index is 3.45. The van der Waals surface area contributed by atoms with Crippen LogP contribution in [0.4, 0.5) is 9.18 Å². The Morgan fingerprint density at radius 1 is 1.17 bits per heavy atom. The van der Waals surface area contributed by atoms with Gasteiger partial charge in [-0.15, -0.1) is 0 Å². The van der Waals surface area contributed by atoms with Gasteiger partial charge in [-0.05, 0) is 39.4 Å². The summed E-state index contributed by atoms with van der Waals surface area (Å²) in [6.07, 6.45) is 0.275. The van der Waals surface area contributed by atoms with Gasteiger partial charge in [0.2, 0.25) is 0 Å². The number of amides is 1. The lowest BCUT2D eigenvalue weighted by Gasteiger charge is -2.19. The van der Waals surface area contributed by atoms with Gasteiger partial charge in [-0.3, -0.25) is 0 Å². The molecule has 106 valence electrons. The Morgan fingerprint density at radius 3 is 2.28 bits per heavy atom. The smallest absolute Gasteiger partial charge is 0.407 e. The molecule has 5 nitrogen and oxygen atoms in total. The zero-order chi connectivity index (χ0) is 14.0. The van der Waals surface area contributed by atoms with Crippen LogP contribution in [0.3, 0.4) is 0 Å². The van der Waals surface area contributed by atoms with Crippen molar-refractivity contribution in [3.8, 4) is 0 Å². The van der Waals surface area contributed by atoms with E-state index in [4.69, 9.17) is 17.0 Å². The second-order valence-electron chi connectivity index (χ2n) is 4.65. The molecule has 0 atom stereocenters. The highest BCUT2D eigenvalue weighted by molar-refractivity contribution is 7.80. The van der Waals surface area contributed by atoms with Crippen LogP contribution >= 0.6 is 12.2 Å². The fraction of sp³-hybridized carbons (Fsp3) is 0.818. The van der Waals surface area contributed by atoms with Gasteiger partial charge in [0.15, 0.2) is 5.11 Å². The first kappa shape index (κ1) is 16.9. The van der Waals surface area contributed by atoms with Crippen molar-refractivity contribution >= 4 is 23.4 Å². The van der Waals surface area contributed by atoms with Gasteiger partial charge in [0, 0.05) is 19.6 Å². The van der Waals surface area contributed by atoms with Crippen molar-refractivity contribution in [3.63, 3.8) is 0 Å². The number of nitrogens with one attached hydrogen (secondary N) is 3. The van der Waals surface area contributed by atoms with Crippen LogP contribution in [-0.4, -0.2) is 43.1 Å². The Hall–Kier alpha value is -1.11. The molecule has 3 N–H and O–H groups in total. The Morgan fingerprint density at radius 2 is 1.72 bits per heavy atom. The van der Waals surface area contributed by atoms with Crippen molar-refractivity contribution in [2.75, 3.05) is 26.3 Å². The fourth-order valence-corrected chi connectivity index (χ4v) is 1.22. The monoisotopic (exact) mass is 279 g/mol. The highest BCUT2D eigenvalue weighted by atomic mass is 32.1. The van der Waals surface area contributed by atoms with E-state index < -0.39 is 18.4 Å². The van der Waals surface area contributed by atoms with E-state index in [2.05, 4.69) is 16.0 Å². The molecule has 0 heterocycles. The summed E-state index contributed by atoms with van der Waals surface area (Å²) in [5.41, 5.74) is -0.486. The molecule has 0 rings (SSSR count). The maximum absolute atomic E-state index is 11.8. The first-order valence-electron chi connectivity index (χ1n) is 5.89. The lowest BCUT2D eigenvalue weighted by atomic mass is 10.2. The van der Waals surface area contributed by atoms with Crippen molar-refractivity contribution < 1.29 is 13.9 Å². The van der Waals surface area contributed by atoms with E-state index in [1.54, 1.807) is 0 Å². The van der Waals surface area contributed by atoms with Gasteiger partial charge < -0.3 is 20.7 Å². The average molecular weight is 279 g/mol. The van der Waals surface area contributed by atoms with Crippen molar-refractivity contribution in [1.29, 1.82) is 0 Å². The minimum atomic E-state index is -0.486. The summed E-state index contributed by atoms with van der Waals surface area (Å²) in [6.45, 7) is 6.28. The van der Waals surface area contributed by atoms with Gasteiger partial charge in [-0.1, -0.05) is 0 Å². The molecule has 0 saturated heterocycles. The maximum Gasteiger partial charge on any atom is 0.407 e. The Kier molecular flexibility index (Phi) is 8.36. The molecule has 0 aliphatic rings. The summed E-state index contributed by atoms with van der Waals surface area (Å²) in [7, 11) is 0. The molecule has 0 fully saturated rings. The van der Waals surface area contributed by atoms with E-state index >= 15 is 0 Å². The molecule has 7 heteroatoms. The topological polar surface area (TPSA) is 62.4 Å². The molecule has 0 aliphatic carbocycles. The quantitative estimate of drug-likeness (QED) is 0.506. The highest BCUT2D eigenvalue weighted by Crippen LogP contribution is 2.06. The largest absolute Gasteiger partial charge is 0.444 e. The third kappa shape index (κ3) is 11.4. The summed E-state index contributed by atoms with van der Waals surface area (Å²) in [5, 5.41) is 8.65. The summed E-state index contributed by atoms with van der Waals surface area (Å²) in [6, 6.07) is 0. The number of carbonyl (C=O) groups excluding carboxylic acids is 1. The predicted molar refractivity (Wildman–Crippen MR) is 73.4 cm³/mol. The lowest BCUT2D eigenvalue weighted by Crippen LogP contribution is -2.38. The number of ether oxygens (including phenoxy) is 1. The zero-order valence-corrected chi connectivity index (χ0v) is 12.0. The van der Waals surface area contributed by atoms with E-state index in [-0.39, 0.29) is 6.54 Å². The normalized spacial score (nSPS) is 10.7. The molecule has 0 unspecified atom stereocenters. The van der Waals surface area contributed by atoms with E-state index in [1.165, 1.54) is 0 Å². The molecule has 0 bridgehead atoms. The summed E-state index contributed by atoms with van der Waals surface area (Å²) >= 11 is 4.89. The molecule has 0 radical (unpaired) electrons. The second-order valence-corrected chi connectivity index (χ2v) is 5.06. The first-order valence-corrected chi connectivity index (χ1v) is 6.30. The van der Waals surface area contributed by atoms with E-state index in [0.717, 1.165) is 0 Å². The van der Waals surface area contributed by atoms with Gasteiger partial charge in [-0.2, -0.15) is 0 Å². The molecule has 18 heavy (non-hydrogen) atoms. The average Bonchev–Trinajstić information content (AvgIpc) is 2.23. The third-order valence-electron chi connectivity index (χ3n) is 1.69. The van der Waals surface area contributed by atoms with Gasteiger partial charge in [0.25, 0.3) is 0 Å². The van der Waals surface area contributed by atoms with Crippen LogP contribution in [0.5, 0.6) is 0 Å². The molecule has 0 aromatic heterocycles. The third-order valence-corrected chi connectivity index (χ3v) is 1.98. The van der Waals surface area contributed by atoms with Crippen LogP contribution in [0.1, 0.15) is 27.2 Å². The summed E-state index contributed by atoms with van der Waals surface area (Å²) in [5.74, 6) is 0. The fourth-order valence-electron chi connectivity index (χ4n) is 1.02. The van der Waals surface area contributed by atoms with Gasteiger partial charge >= 0.3 is 6.09 Å². The van der Waals surface area contributed by atoms with Crippen LogP contribution in [-0.2, 0) is 4.74 Å². The molecule has 1 amide bonds. The molecular weight excluding hydrogens is 257 g/mol. The molecule has 0 aromatic rings. The molecule has 0 aliphatic heterocycles. The van der Waals surface area contributed by atoms with E-state index in [0.29, 0.717) is 24.6 Å². The minimum Gasteiger partial charge on any atom is -0.444 e. The van der Waals surface area contributed by atoms with Crippen molar-refractivity contribution in [2.45, 2.75) is 32.8 Å². The van der Waals surface area contributed by atoms with E-state index in [1.807, 2.05) is 20.8 Å². The van der Waals surface area contributed by atoms with Gasteiger partial charge in [-0.25, -0.2) is 9.18 Å². The summed E-state index contributed by atoms with van der Waals surface area (Å²) < 4.78 is 16.9. The number of alkyl halides is 1. The highest BCUT2D eigenvalue weighted by Gasteiger charge is 2.15. The number of halogens is 1. The predicted octanol–water partition coefficient (Wildman–Crippen LogP) is 1.33. The van der Waals surface area contributed by atoms with Crippen molar-refractivity contribution in [1.82, 2.24) is 16.0 Å². The number of alkyl carbamates (subject to hydrolysis) is 1. The van der Waals surface area contributed by atoms with Crippen molar-refractivity contribution in [3.05, 3.63) is 0 Å². The van der Waals surface area contributed by atoms with Crippen LogP contribution in [0.2, 0.25) is 0 Å². The number of hydrogen-bond donors (Lipinski definition) is 3. The van der Waals surface area contributed by atoms with Crippen LogP contribution in [0.25, 0.3) is 0 Å². The van der Waals surface area contributed by atoms with E-state index in [9.17, 15) is 9.18 Å². The van der Waals surface area contributed by atoms with Crippen molar-refractivity contribution in [2.24, 2.45) is 0 Å². The summed E-state index contributed by atoms with van der Waals surface area (Å²) in [4.78, 5) is 11.3. The van der Waals surface area contributed by atoms with Crippen LogP contribution in [0.15, 0.2) is 0 Å². The Bertz CT molecular complexity index is 270.